The fourth-order valence-corrected chi connectivity index (χ4v) is 3.47. The van der Waals surface area contributed by atoms with Gasteiger partial charge in [0, 0.05) is 16.7 Å². The molecular weight excluding hydrogens is 391 g/mol. The normalized spacial score (nSPS) is 11.0. The van der Waals surface area contributed by atoms with Gasteiger partial charge < -0.3 is 9.47 Å². The molecule has 2 aromatic carbocycles. The van der Waals surface area contributed by atoms with E-state index in [1.807, 2.05) is 4.83 Å². The number of sulfonamides is 1. The molecule has 134 valence electrons. The zero-order valence-corrected chi connectivity index (χ0v) is 15.5. The lowest BCUT2D eigenvalue weighted by Gasteiger charge is -2.11. The number of nitrogens with one attached hydrogen (secondary N) is 2. The number of carbonyl (C=O) groups is 1. The number of hydrogen-bond acceptors (Lipinski definition) is 5. The Bertz CT molecular complexity index is 881. The topological polar surface area (TPSA) is 93.7 Å². The SMILES string of the molecule is COc1cc(OC)cc(C(=O)NNS(=O)(=O)c2cc(Cl)ccc2Cl)c1. The lowest BCUT2D eigenvalue weighted by Crippen LogP contribution is -2.41. The zero-order chi connectivity index (χ0) is 18.6. The molecule has 0 aliphatic carbocycles. The molecule has 0 radical (unpaired) electrons. The van der Waals surface area contributed by atoms with Crippen molar-refractivity contribution >= 4 is 39.1 Å². The van der Waals surface area contributed by atoms with Gasteiger partial charge >= 0.3 is 0 Å². The number of hydrogen-bond donors (Lipinski definition) is 2. The largest absolute Gasteiger partial charge is 0.497 e. The van der Waals surface area contributed by atoms with Crippen molar-refractivity contribution in [2.45, 2.75) is 4.90 Å². The van der Waals surface area contributed by atoms with E-state index in [2.05, 4.69) is 5.43 Å². The summed E-state index contributed by atoms with van der Waals surface area (Å²) in [4.78, 5) is 13.9. The second-order valence-electron chi connectivity index (χ2n) is 4.74. The van der Waals surface area contributed by atoms with Gasteiger partial charge in [-0.3, -0.25) is 10.2 Å². The lowest BCUT2D eigenvalue weighted by molar-refractivity contribution is 0.0944. The minimum Gasteiger partial charge on any atom is -0.497 e. The van der Waals surface area contributed by atoms with Crippen molar-refractivity contribution in [3.8, 4) is 11.5 Å². The van der Waals surface area contributed by atoms with E-state index in [1.54, 1.807) is 6.07 Å². The number of carbonyl (C=O) groups excluding carboxylic acids is 1. The number of benzene rings is 2. The summed E-state index contributed by atoms with van der Waals surface area (Å²) in [6, 6.07) is 8.40. The molecule has 0 unspecified atom stereocenters. The Morgan fingerprint density at radius 3 is 2.16 bits per heavy atom. The summed E-state index contributed by atoms with van der Waals surface area (Å²) in [5, 5.41) is 0.155. The number of amides is 1. The molecule has 2 aromatic rings. The fraction of sp³-hybridized carbons (Fsp3) is 0.133. The second kappa shape index (κ2) is 7.92. The number of rotatable bonds is 6. The predicted octanol–water partition coefficient (Wildman–Crippen LogP) is 2.63. The summed E-state index contributed by atoms with van der Waals surface area (Å²) >= 11 is 11.7. The van der Waals surface area contributed by atoms with Crippen molar-refractivity contribution in [1.29, 1.82) is 0 Å². The van der Waals surface area contributed by atoms with Crippen molar-refractivity contribution < 1.29 is 22.7 Å². The highest BCUT2D eigenvalue weighted by Crippen LogP contribution is 2.25. The first-order chi connectivity index (χ1) is 11.8. The second-order valence-corrected chi connectivity index (χ2v) is 7.23. The molecule has 0 saturated heterocycles. The molecule has 0 aromatic heterocycles. The van der Waals surface area contributed by atoms with Gasteiger partial charge in [0.2, 0.25) is 0 Å². The molecule has 10 heteroatoms. The first-order valence-corrected chi connectivity index (χ1v) is 9.01. The van der Waals surface area contributed by atoms with Crippen LogP contribution in [0.15, 0.2) is 41.3 Å². The fourth-order valence-electron chi connectivity index (χ4n) is 1.86. The molecule has 25 heavy (non-hydrogen) atoms. The number of halogens is 2. The maximum absolute atomic E-state index is 12.3. The van der Waals surface area contributed by atoms with Gasteiger partial charge in [-0.1, -0.05) is 23.2 Å². The van der Waals surface area contributed by atoms with E-state index < -0.39 is 15.9 Å². The summed E-state index contributed by atoms with van der Waals surface area (Å²) in [5.74, 6) is 0.0504. The first-order valence-electron chi connectivity index (χ1n) is 6.77. The van der Waals surface area contributed by atoms with Crippen LogP contribution in [0.4, 0.5) is 0 Å². The minimum atomic E-state index is -4.11. The molecule has 2 rings (SSSR count). The molecule has 0 aliphatic rings. The molecule has 0 atom stereocenters. The maximum Gasteiger partial charge on any atom is 0.266 e. The number of methoxy groups -OCH3 is 2. The quantitative estimate of drug-likeness (QED) is 0.721. The standard InChI is InChI=1S/C15H14Cl2N2O5S/c1-23-11-5-9(6-12(8-11)24-2)15(20)18-19-25(21,22)14-7-10(16)3-4-13(14)17/h3-8,19H,1-2H3,(H,18,20). The Hall–Kier alpha value is -2.00. The Labute approximate surface area is 154 Å². The molecule has 0 spiro atoms. The maximum atomic E-state index is 12.3. The predicted molar refractivity (Wildman–Crippen MR) is 93.8 cm³/mol. The third-order valence-corrected chi connectivity index (χ3v) is 5.06. The van der Waals surface area contributed by atoms with Crippen molar-refractivity contribution in [1.82, 2.24) is 10.3 Å². The van der Waals surface area contributed by atoms with Gasteiger partial charge in [-0.15, -0.1) is 4.83 Å². The van der Waals surface area contributed by atoms with E-state index in [4.69, 9.17) is 32.7 Å². The van der Waals surface area contributed by atoms with E-state index in [-0.39, 0.29) is 20.5 Å². The molecule has 0 aliphatic heterocycles. The van der Waals surface area contributed by atoms with Crippen molar-refractivity contribution in [3.05, 3.63) is 52.0 Å². The molecule has 0 heterocycles. The van der Waals surface area contributed by atoms with Crippen molar-refractivity contribution in [2.24, 2.45) is 0 Å². The molecule has 0 bridgehead atoms. The number of hydrazine groups is 1. The summed E-state index contributed by atoms with van der Waals surface area (Å²) in [7, 11) is -1.25. The smallest absolute Gasteiger partial charge is 0.266 e. The summed E-state index contributed by atoms with van der Waals surface area (Å²) in [6.07, 6.45) is 0. The van der Waals surface area contributed by atoms with Crippen LogP contribution in [0.2, 0.25) is 10.0 Å². The Morgan fingerprint density at radius 1 is 1.00 bits per heavy atom. The van der Waals surface area contributed by atoms with Gasteiger partial charge in [-0.05, 0) is 30.3 Å². The van der Waals surface area contributed by atoms with Gasteiger partial charge in [0.25, 0.3) is 15.9 Å². The third kappa shape index (κ3) is 4.76. The van der Waals surface area contributed by atoms with Crippen LogP contribution in [0.3, 0.4) is 0 Å². The average Bonchev–Trinajstić information content (AvgIpc) is 2.61. The van der Waals surface area contributed by atoms with Crippen LogP contribution in [0.5, 0.6) is 11.5 Å². The highest BCUT2D eigenvalue weighted by Gasteiger charge is 2.20. The molecular formula is C15H14Cl2N2O5S. The van der Waals surface area contributed by atoms with E-state index in [1.165, 1.54) is 44.6 Å². The summed E-state index contributed by atoms with van der Waals surface area (Å²) in [6.45, 7) is 0. The Kier molecular flexibility index (Phi) is 6.12. The van der Waals surface area contributed by atoms with Gasteiger partial charge in [-0.2, -0.15) is 0 Å². The highest BCUT2D eigenvalue weighted by atomic mass is 35.5. The minimum absolute atomic E-state index is 0.0331. The number of ether oxygens (including phenoxy) is 2. The van der Waals surface area contributed by atoms with Gasteiger partial charge in [0.15, 0.2) is 0 Å². The lowest BCUT2D eigenvalue weighted by atomic mass is 10.2. The van der Waals surface area contributed by atoms with Crippen LogP contribution in [0.1, 0.15) is 10.4 Å². The summed E-state index contributed by atoms with van der Waals surface area (Å²) in [5.41, 5.74) is 2.23. The van der Waals surface area contributed by atoms with Crippen molar-refractivity contribution in [2.75, 3.05) is 14.2 Å². The molecule has 2 N–H and O–H groups in total. The van der Waals surface area contributed by atoms with E-state index in [0.717, 1.165) is 0 Å². The molecule has 0 saturated carbocycles. The monoisotopic (exact) mass is 404 g/mol. The van der Waals surface area contributed by atoms with Gasteiger partial charge in [0.1, 0.15) is 16.4 Å². The van der Waals surface area contributed by atoms with E-state index in [9.17, 15) is 13.2 Å². The van der Waals surface area contributed by atoms with Crippen molar-refractivity contribution in [3.63, 3.8) is 0 Å². The molecule has 7 nitrogen and oxygen atoms in total. The molecule has 1 amide bonds. The Balaban J connectivity index is 2.20. The van der Waals surface area contributed by atoms with Crippen LogP contribution in [0, 0.1) is 0 Å². The van der Waals surface area contributed by atoms with E-state index >= 15 is 0 Å². The third-order valence-electron chi connectivity index (χ3n) is 3.10. The van der Waals surface area contributed by atoms with Crippen LogP contribution in [-0.4, -0.2) is 28.5 Å². The average molecular weight is 405 g/mol. The summed E-state index contributed by atoms with van der Waals surface area (Å²) < 4.78 is 34.7. The van der Waals surface area contributed by atoms with Gasteiger partial charge in [0.05, 0.1) is 19.2 Å². The van der Waals surface area contributed by atoms with Crippen LogP contribution in [-0.2, 0) is 10.0 Å². The highest BCUT2D eigenvalue weighted by molar-refractivity contribution is 7.89. The van der Waals surface area contributed by atoms with Crippen LogP contribution in [0.25, 0.3) is 0 Å². The Morgan fingerprint density at radius 2 is 1.60 bits per heavy atom. The van der Waals surface area contributed by atoms with Crippen LogP contribution < -0.4 is 19.7 Å². The molecule has 0 fully saturated rings. The zero-order valence-electron chi connectivity index (χ0n) is 13.2. The van der Waals surface area contributed by atoms with Crippen LogP contribution >= 0.6 is 23.2 Å². The van der Waals surface area contributed by atoms with Gasteiger partial charge in [-0.25, -0.2) is 8.42 Å². The first kappa shape index (κ1) is 19.3. The van der Waals surface area contributed by atoms with E-state index in [0.29, 0.717) is 11.5 Å².